The molecular formula is C19H17N5O3. The highest BCUT2D eigenvalue weighted by Crippen LogP contribution is 2.36. The fourth-order valence-electron chi connectivity index (χ4n) is 2.75. The first-order valence-electron chi connectivity index (χ1n) is 8.28. The van der Waals surface area contributed by atoms with E-state index >= 15 is 0 Å². The zero-order valence-corrected chi connectivity index (χ0v) is 14.8. The number of oxazole rings is 1. The molecule has 0 aliphatic carbocycles. The van der Waals surface area contributed by atoms with Gasteiger partial charge in [-0.3, -0.25) is 0 Å². The molecule has 0 radical (unpaired) electrons. The van der Waals surface area contributed by atoms with E-state index in [9.17, 15) is 0 Å². The minimum atomic E-state index is 0.336. The Labute approximate surface area is 155 Å². The van der Waals surface area contributed by atoms with Crippen LogP contribution in [0.15, 0.2) is 53.1 Å². The summed E-state index contributed by atoms with van der Waals surface area (Å²) < 4.78 is 16.6. The van der Waals surface area contributed by atoms with Crippen molar-refractivity contribution in [3.05, 3.63) is 54.6 Å². The van der Waals surface area contributed by atoms with Gasteiger partial charge in [0, 0.05) is 0 Å². The van der Waals surface area contributed by atoms with Crippen LogP contribution in [0.3, 0.4) is 0 Å². The summed E-state index contributed by atoms with van der Waals surface area (Å²) in [6, 6.07) is 13.1. The van der Waals surface area contributed by atoms with Gasteiger partial charge in [-0.25, -0.2) is 9.97 Å². The highest BCUT2D eigenvalue weighted by Gasteiger charge is 2.15. The highest BCUT2D eigenvalue weighted by molar-refractivity contribution is 5.74. The second-order valence-electron chi connectivity index (χ2n) is 5.63. The van der Waals surface area contributed by atoms with Crippen molar-refractivity contribution in [1.82, 2.24) is 20.2 Å². The van der Waals surface area contributed by atoms with Crippen molar-refractivity contribution in [2.75, 3.05) is 19.5 Å². The van der Waals surface area contributed by atoms with Gasteiger partial charge in [0.1, 0.15) is 22.7 Å². The van der Waals surface area contributed by atoms with E-state index in [1.807, 2.05) is 42.5 Å². The molecule has 0 unspecified atom stereocenters. The van der Waals surface area contributed by atoms with E-state index < -0.39 is 0 Å². The number of para-hydroxylation sites is 2. The molecule has 0 fully saturated rings. The number of nitrogens with zero attached hydrogens (tertiary/aromatic N) is 4. The molecule has 0 amide bonds. The number of rotatable bonds is 6. The summed E-state index contributed by atoms with van der Waals surface area (Å²) in [5, 5.41) is 11.1. The summed E-state index contributed by atoms with van der Waals surface area (Å²) in [7, 11) is 3.19. The number of nitrogens with one attached hydrogen (secondary N) is 1. The van der Waals surface area contributed by atoms with E-state index in [1.54, 1.807) is 20.4 Å². The van der Waals surface area contributed by atoms with Crippen LogP contribution in [0, 0.1) is 0 Å². The van der Waals surface area contributed by atoms with Gasteiger partial charge in [-0.2, -0.15) is 5.10 Å². The molecule has 27 heavy (non-hydrogen) atoms. The lowest BCUT2D eigenvalue weighted by Crippen LogP contribution is -2.06. The second-order valence-corrected chi connectivity index (χ2v) is 5.63. The van der Waals surface area contributed by atoms with Crippen LogP contribution in [-0.2, 0) is 6.54 Å². The molecule has 4 aromatic rings. The average Bonchev–Trinajstić information content (AvgIpc) is 3.15. The molecule has 0 aliphatic heterocycles. The topological polar surface area (TPSA) is 95.2 Å². The van der Waals surface area contributed by atoms with Gasteiger partial charge in [-0.15, -0.1) is 5.10 Å². The van der Waals surface area contributed by atoms with Gasteiger partial charge < -0.3 is 19.2 Å². The Morgan fingerprint density at radius 1 is 0.963 bits per heavy atom. The van der Waals surface area contributed by atoms with E-state index in [1.165, 1.54) is 0 Å². The van der Waals surface area contributed by atoms with Crippen LogP contribution in [0.25, 0.3) is 22.4 Å². The van der Waals surface area contributed by atoms with Gasteiger partial charge >= 0.3 is 0 Å². The SMILES string of the molecule is COc1cccc(OC)c1-c1cnnc(NCc2nc3ccccc3o2)n1. The van der Waals surface area contributed by atoms with Crippen molar-refractivity contribution in [3.8, 4) is 22.8 Å². The van der Waals surface area contributed by atoms with Crippen molar-refractivity contribution in [2.24, 2.45) is 0 Å². The van der Waals surface area contributed by atoms with Crippen LogP contribution in [0.1, 0.15) is 5.89 Å². The molecule has 2 heterocycles. The van der Waals surface area contributed by atoms with Gasteiger partial charge in [-0.1, -0.05) is 18.2 Å². The van der Waals surface area contributed by atoms with Gasteiger partial charge in [0.15, 0.2) is 5.58 Å². The quantitative estimate of drug-likeness (QED) is 0.557. The number of benzene rings is 2. The summed E-state index contributed by atoms with van der Waals surface area (Å²) in [5.41, 5.74) is 2.84. The number of hydrogen-bond acceptors (Lipinski definition) is 8. The van der Waals surface area contributed by atoms with Gasteiger partial charge in [0.05, 0.1) is 32.5 Å². The monoisotopic (exact) mass is 363 g/mol. The van der Waals surface area contributed by atoms with Gasteiger partial charge in [-0.05, 0) is 24.3 Å². The Bertz CT molecular complexity index is 1020. The van der Waals surface area contributed by atoms with Crippen LogP contribution < -0.4 is 14.8 Å². The predicted molar refractivity (Wildman–Crippen MR) is 99.7 cm³/mol. The predicted octanol–water partition coefficient (Wildman–Crippen LogP) is 3.31. The third-order valence-electron chi connectivity index (χ3n) is 3.98. The first-order valence-corrected chi connectivity index (χ1v) is 8.28. The molecule has 2 aromatic heterocycles. The van der Waals surface area contributed by atoms with Crippen molar-refractivity contribution in [3.63, 3.8) is 0 Å². The number of fused-ring (bicyclic) bond motifs is 1. The fraction of sp³-hybridized carbons (Fsp3) is 0.158. The Morgan fingerprint density at radius 3 is 2.48 bits per heavy atom. The summed E-state index contributed by atoms with van der Waals surface area (Å²) in [6.45, 7) is 0.336. The van der Waals surface area contributed by atoms with Gasteiger partial charge in [0.25, 0.3) is 0 Å². The molecule has 4 rings (SSSR count). The van der Waals surface area contributed by atoms with Crippen LogP contribution in [0.4, 0.5) is 5.95 Å². The lowest BCUT2D eigenvalue weighted by atomic mass is 10.1. The molecule has 0 aliphatic rings. The molecule has 2 aromatic carbocycles. The zero-order chi connectivity index (χ0) is 18.6. The molecular weight excluding hydrogens is 346 g/mol. The lowest BCUT2D eigenvalue weighted by Gasteiger charge is -2.12. The van der Waals surface area contributed by atoms with E-state index in [0.717, 1.165) is 11.1 Å². The molecule has 0 saturated heterocycles. The molecule has 0 saturated carbocycles. The average molecular weight is 363 g/mol. The normalized spacial score (nSPS) is 10.7. The first-order chi connectivity index (χ1) is 13.3. The van der Waals surface area contributed by atoms with Crippen LogP contribution >= 0.6 is 0 Å². The number of aromatic nitrogens is 4. The largest absolute Gasteiger partial charge is 0.496 e. The fourth-order valence-corrected chi connectivity index (χ4v) is 2.75. The van der Waals surface area contributed by atoms with Crippen LogP contribution in [-0.4, -0.2) is 34.4 Å². The Balaban J connectivity index is 1.60. The Hall–Kier alpha value is -3.68. The molecule has 0 bridgehead atoms. The zero-order valence-electron chi connectivity index (χ0n) is 14.8. The smallest absolute Gasteiger partial charge is 0.243 e. The molecule has 0 atom stereocenters. The van der Waals surface area contributed by atoms with Crippen LogP contribution in [0.2, 0.25) is 0 Å². The lowest BCUT2D eigenvalue weighted by molar-refractivity contribution is 0.397. The molecule has 1 N–H and O–H groups in total. The van der Waals surface area contributed by atoms with E-state index in [-0.39, 0.29) is 0 Å². The minimum Gasteiger partial charge on any atom is -0.496 e. The maximum Gasteiger partial charge on any atom is 0.243 e. The third kappa shape index (κ3) is 3.37. The van der Waals surface area contributed by atoms with E-state index in [2.05, 4.69) is 25.5 Å². The Morgan fingerprint density at radius 2 is 1.74 bits per heavy atom. The number of ether oxygens (including phenoxy) is 2. The second kappa shape index (κ2) is 7.28. The molecule has 8 nitrogen and oxygen atoms in total. The molecule has 0 spiro atoms. The summed E-state index contributed by atoms with van der Waals surface area (Å²) in [6.07, 6.45) is 1.56. The minimum absolute atomic E-state index is 0.336. The van der Waals surface area contributed by atoms with Crippen molar-refractivity contribution in [1.29, 1.82) is 0 Å². The summed E-state index contributed by atoms with van der Waals surface area (Å²) in [4.78, 5) is 8.93. The maximum atomic E-state index is 5.69. The Kier molecular flexibility index (Phi) is 4.52. The summed E-state index contributed by atoms with van der Waals surface area (Å²) in [5.74, 6) is 2.17. The van der Waals surface area contributed by atoms with E-state index in [4.69, 9.17) is 13.9 Å². The number of hydrogen-bond donors (Lipinski definition) is 1. The van der Waals surface area contributed by atoms with Crippen molar-refractivity contribution in [2.45, 2.75) is 6.54 Å². The summed E-state index contributed by atoms with van der Waals surface area (Å²) >= 11 is 0. The maximum absolute atomic E-state index is 5.69. The number of anilines is 1. The highest BCUT2D eigenvalue weighted by atomic mass is 16.5. The van der Waals surface area contributed by atoms with E-state index in [0.29, 0.717) is 41.1 Å². The van der Waals surface area contributed by atoms with Crippen molar-refractivity contribution >= 4 is 17.0 Å². The first kappa shape index (κ1) is 16.8. The van der Waals surface area contributed by atoms with Crippen LogP contribution in [0.5, 0.6) is 11.5 Å². The molecule has 8 heteroatoms. The van der Waals surface area contributed by atoms with Crippen molar-refractivity contribution < 1.29 is 13.9 Å². The number of methoxy groups -OCH3 is 2. The third-order valence-corrected chi connectivity index (χ3v) is 3.98. The molecule has 136 valence electrons. The van der Waals surface area contributed by atoms with Gasteiger partial charge in [0.2, 0.25) is 11.8 Å². The standard InChI is InChI=1S/C19H17N5O3/c1-25-15-8-5-9-16(26-2)18(15)13-10-21-24-19(23-13)20-11-17-22-12-6-3-4-7-14(12)27-17/h3-10H,11H2,1-2H3,(H,20,23,24).